The Morgan fingerprint density at radius 1 is 0.875 bits per heavy atom. The summed E-state index contributed by atoms with van der Waals surface area (Å²) in [7, 11) is -7.02. The van der Waals surface area contributed by atoms with Crippen LogP contribution in [0.15, 0.2) is 23.1 Å². The van der Waals surface area contributed by atoms with Gasteiger partial charge in [0, 0.05) is 12.1 Å². The lowest BCUT2D eigenvalue weighted by atomic mass is 9.92. The van der Waals surface area contributed by atoms with Crippen LogP contribution in [0.4, 0.5) is 0 Å². The number of hydrogen-bond acceptors (Lipinski definition) is 4. The van der Waals surface area contributed by atoms with Gasteiger partial charge in [-0.1, -0.05) is 18.9 Å². The summed E-state index contributed by atoms with van der Waals surface area (Å²) in [6.45, 7) is 0. The van der Waals surface area contributed by atoms with E-state index in [1.807, 2.05) is 6.07 Å². The zero-order chi connectivity index (χ0) is 17.4. The van der Waals surface area contributed by atoms with Gasteiger partial charge < -0.3 is 0 Å². The Balaban J connectivity index is 1.79. The molecule has 1 aromatic rings. The second-order valence-corrected chi connectivity index (χ2v) is 10.3. The van der Waals surface area contributed by atoms with Gasteiger partial charge in [0.05, 0.1) is 11.2 Å². The minimum atomic E-state index is -3.65. The summed E-state index contributed by atoms with van der Waals surface area (Å²) in [5, 5.41) is 0. The molecule has 2 N–H and O–H groups in total. The van der Waals surface area contributed by atoms with Crippen molar-refractivity contribution in [1.29, 1.82) is 0 Å². The molecular weight excluding hydrogens is 348 g/mol. The highest BCUT2D eigenvalue weighted by Crippen LogP contribution is 2.26. The zero-order valence-electron chi connectivity index (χ0n) is 13.8. The Hall–Kier alpha value is -0.960. The van der Waals surface area contributed by atoms with Crippen LogP contribution in [0.25, 0.3) is 0 Å². The molecule has 0 radical (unpaired) electrons. The van der Waals surface area contributed by atoms with Crippen molar-refractivity contribution in [2.45, 2.75) is 61.9 Å². The molecule has 0 bridgehead atoms. The number of fused-ring (bicyclic) bond motifs is 1. The minimum absolute atomic E-state index is 0.270. The van der Waals surface area contributed by atoms with Gasteiger partial charge in [-0.05, 0) is 55.4 Å². The Bertz CT molecular complexity index is 818. The Morgan fingerprint density at radius 3 is 2.17 bits per heavy atom. The molecule has 24 heavy (non-hydrogen) atoms. The van der Waals surface area contributed by atoms with Gasteiger partial charge in [0.15, 0.2) is 0 Å². The van der Waals surface area contributed by atoms with E-state index in [0.717, 1.165) is 43.9 Å². The molecule has 2 atom stereocenters. The lowest BCUT2D eigenvalue weighted by molar-refractivity contribution is 0.340. The standard InChI is InChI=1S/C16H24N2O4S2/c1-23(19,20)17-15-7-2-3-8-16(15)18-24(21,22)14-10-9-12-5-4-6-13(12)11-14/h9-11,15-18H,2-8H2,1H3. The third kappa shape index (κ3) is 4.17. The van der Waals surface area contributed by atoms with Crippen LogP contribution in [0.3, 0.4) is 0 Å². The molecule has 0 aliphatic heterocycles. The molecule has 0 saturated heterocycles. The summed E-state index contributed by atoms with van der Waals surface area (Å²) < 4.78 is 53.8. The maximum absolute atomic E-state index is 12.7. The van der Waals surface area contributed by atoms with Crippen molar-refractivity contribution >= 4 is 20.0 Å². The largest absolute Gasteiger partial charge is 0.240 e. The lowest BCUT2D eigenvalue weighted by Crippen LogP contribution is -2.52. The lowest BCUT2D eigenvalue weighted by Gasteiger charge is -2.32. The summed E-state index contributed by atoms with van der Waals surface area (Å²) in [5.74, 6) is 0. The van der Waals surface area contributed by atoms with Gasteiger partial charge in [0.2, 0.25) is 20.0 Å². The molecule has 2 aliphatic carbocycles. The number of aryl methyl sites for hydroxylation is 2. The smallest absolute Gasteiger partial charge is 0.213 e. The van der Waals surface area contributed by atoms with Crippen LogP contribution >= 0.6 is 0 Å². The summed E-state index contributed by atoms with van der Waals surface area (Å²) in [6, 6.07) is 4.50. The highest BCUT2D eigenvalue weighted by Gasteiger charge is 2.31. The molecule has 1 aromatic carbocycles. The fraction of sp³-hybridized carbons (Fsp3) is 0.625. The van der Waals surface area contributed by atoms with E-state index >= 15 is 0 Å². The SMILES string of the molecule is CS(=O)(=O)NC1CCCCC1NS(=O)(=O)c1ccc2c(c1)CCC2. The van der Waals surface area contributed by atoms with Crippen LogP contribution in [0.2, 0.25) is 0 Å². The first-order chi connectivity index (χ1) is 11.2. The highest BCUT2D eigenvalue weighted by atomic mass is 32.2. The number of sulfonamides is 2. The maximum atomic E-state index is 12.7. The van der Waals surface area contributed by atoms with E-state index in [4.69, 9.17) is 0 Å². The Morgan fingerprint density at radius 2 is 1.50 bits per heavy atom. The van der Waals surface area contributed by atoms with E-state index in [1.54, 1.807) is 12.1 Å². The number of rotatable bonds is 5. The van der Waals surface area contributed by atoms with Gasteiger partial charge in [0.25, 0.3) is 0 Å². The molecule has 6 nitrogen and oxygen atoms in total. The molecule has 1 fully saturated rings. The van der Waals surface area contributed by atoms with Crippen molar-refractivity contribution in [3.05, 3.63) is 29.3 Å². The van der Waals surface area contributed by atoms with E-state index in [2.05, 4.69) is 9.44 Å². The zero-order valence-corrected chi connectivity index (χ0v) is 15.4. The first-order valence-electron chi connectivity index (χ1n) is 8.36. The van der Waals surface area contributed by atoms with Crippen LogP contribution in [-0.2, 0) is 32.9 Å². The normalized spacial score (nSPS) is 24.7. The molecule has 1 saturated carbocycles. The van der Waals surface area contributed by atoms with E-state index in [0.29, 0.717) is 12.8 Å². The first-order valence-corrected chi connectivity index (χ1v) is 11.7. The average Bonchev–Trinajstić information content (AvgIpc) is 2.95. The maximum Gasteiger partial charge on any atom is 0.240 e. The van der Waals surface area contributed by atoms with Crippen molar-refractivity contribution in [2.24, 2.45) is 0 Å². The summed E-state index contributed by atoms with van der Waals surface area (Å²) in [6.07, 6.45) is 7.15. The van der Waals surface area contributed by atoms with Crippen LogP contribution in [-0.4, -0.2) is 35.2 Å². The first kappa shape index (κ1) is 17.8. The third-order valence-corrected chi connectivity index (χ3v) is 7.04. The third-order valence-electron chi connectivity index (χ3n) is 4.82. The number of hydrogen-bond donors (Lipinski definition) is 2. The summed E-state index contributed by atoms with van der Waals surface area (Å²) in [5.41, 5.74) is 2.33. The van der Waals surface area contributed by atoms with E-state index in [-0.39, 0.29) is 4.90 Å². The fourth-order valence-corrected chi connectivity index (χ4v) is 5.86. The molecule has 2 aliphatic rings. The van der Waals surface area contributed by atoms with Gasteiger partial charge in [-0.25, -0.2) is 26.3 Å². The topological polar surface area (TPSA) is 92.3 Å². The van der Waals surface area contributed by atoms with E-state index < -0.39 is 32.1 Å². The Kier molecular flexibility index (Phi) is 5.01. The quantitative estimate of drug-likeness (QED) is 0.815. The predicted octanol–water partition coefficient (Wildman–Crippen LogP) is 1.31. The van der Waals surface area contributed by atoms with Crippen molar-refractivity contribution in [2.75, 3.05) is 6.26 Å². The second kappa shape index (κ2) is 6.74. The number of nitrogens with one attached hydrogen (secondary N) is 2. The molecule has 0 spiro atoms. The predicted molar refractivity (Wildman–Crippen MR) is 92.8 cm³/mol. The molecule has 8 heteroatoms. The Labute approximate surface area is 144 Å². The van der Waals surface area contributed by atoms with Crippen molar-refractivity contribution in [3.8, 4) is 0 Å². The number of benzene rings is 1. The molecule has 134 valence electrons. The molecule has 0 aromatic heterocycles. The molecule has 3 rings (SSSR count). The fourth-order valence-electron chi connectivity index (χ4n) is 3.67. The van der Waals surface area contributed by atoms with Crippen molar-refractivity contribution in [1.82, 2.24) is 9.44 Å². The van der Waals surface area contributed by atoms with Crippen LogP contribution in [0, 0.1) is 0 Å². The van der Waals surface area contributed by atoms with Gasteiger partial charge >= 0.3 is 0 Å². The second-order valence-electron chi connectivity index (χ2n) is 6.79. The summed E-state index contributed by atoms with van der Waals surface area (Å²) >= 11 is 0. The van der Waals surface area contributed by atoms with Gasteiger partial charge in [-0.2, -0.15) is 0 Å². The van der Waals surface area contributed by atoms with Crippen LogP contribution in [0.5, 0.6) is 0 Å². The van der Waals surface area contributed by atoms with Gasteiger partial charge in [0.1, 0.15) is 0 Å². The van der Waals surface area contributed by atoms with Crippen molar-refractivity contribution < 1.29 is 16.8 Å². The molecular formula is C16H24N2O4S2. The van der Waals surface area contributed by atoms with Gasteiger partial charge in [-0.3, -0.25) is 0 Å². The van der Waals surface area contributed by atoms with E-state index in [1.165, 1.54) is 5.56 Å². The summed E-state index contributed by atoms with van der Waals surface area (Å²) in [4.78, 5) is 0.270. The average molecular weight is 373 g/mol. The van der Waals surface area contributed by atoms with Crippen LogP contribution < -0.4 is 9.44 Å². The van der Waals surface area contributed by atoms with Crippen LogP contribution in [0.1, 0.15) is 43.2 Å². The van der Waals surface area contributed by atoms with Crippen molar-refractivity contribution in [3.63, 3.8) is 0 Å². The molecule has 2 unspecified atom stereocenters. The highest BCUT2D eigenvalue weighted by molar-refractivity contribution is 7.89. The minimum Gasteiger partial charge on any atom is -0.213 e. The van der Waals surface area contributed by atoms with E-state index in [9.17, 15) is 16.8 Å². The molecule has 0 heterocycles. The molecule has 0 amide bonds. The van der Waals surface area contributed by atoms with Gasteiger partial charge in [-0.15, -0.1) is 0 Å². The monoisotopic (exact) mass is 372 g/mol.